The molecule has 0 spiro atoms. The third-order valence-corrected chi connectivity index (χ3v) is 5.44. The van der Waals surface area contributed by atoms with Crippen molar-refractivity contribution in [3.8, 4) is 5.75 Å². The molecule has 2 aromatic rings. The van der Waals surface area contributed by atoms with Crippen LogP contribution >= 0.6 is 0 Å². The first-order valence-electron chi connectivity index (χ1n) is 9.95. The number of hydrogen-bond donors (Lipinski definition) is 2. The molecule has 0 unspecified atom stereocenters. The van der Waals surface area contributed by atoms with Gasteiger partial charge in [0.25, 0.3) is 5.91 Å². The van der Waals surface area contributed by atoms with Crippen molar-refractivity contribution in [1.29, 1.82) is 0 Å². The monoisotopic (exact) mass is 389 g/mol. The standard InChI is InChI=1S/C23H23N3O3/c27-23-22(18-3-1-2-4-20(18)25-23)21-7-5-16-15-17(6-8-19(16)24-21)29-14-11-26-9-12-28-13-10-26/h1-8,15,24H,9-14H2,(H,25,27)/b22-21-. The Bertz CT molecular complexity index is 1010. The van der Waals surface area contributed by atoms with E-state index in [0.29, 0.717) is 12.2 Å². The van der Waals surface area contributed by atoms with Gasteiger partial charge in [0.15, 0.2) is 0 Å². The summed E-state index contributed by atoms with van der Waals surface area (Å²) in [4.78, 5) is 14.8. The number of nitrogens with one attached hydrogen (secondary N) is 2. The molecule has 0 aromatic heterocycles. The van der Waals surface area contributed by atoms with E-state index < -0.39 is 0 Å². The molecular formula is C23H23N3O3. The Labute approximate surface area is 169 Å². The molecule has 6 nitrogen and oxygen atoms in total. The Kier molecular flexibility index (Phi) is 4.79. The van der Waals surface area contributed by atoms with E-state index in [4.69, 9.17) is 9.47 Å². The summed E-state index contributed by atoms with van der Waals surface area (Å²) < 4.78 is 11.3. The van der Waals surface area contributed by atoms with Gasteiger partial charge in [0, 0.05) is 42.1 Å². The van der Waals surface area contributed by atoms with Gasteiger partial charge in [-0.2, -0.15) is 0 Å². The average molecular weight is 389 g/mol. The fraction of sp³-hybridized carbons (Fsp3) is 0.261. The predicted octanol–water partition coefficient (Wildman–Crippen LogP) is 3.20. The highest BCUT2D eigenvalue weighted by Gasteiger charge is 2.27. The molecule has 29 heavy (non-hydrogen) atoms. The van der Waals surface area contributed by atoms with Gasteiger partial charge in [-0.3, -0.25) is 9.69 Å². The second-order valence-electron chi connectivity index (χ2n) is 7.30. The van der Waals surface area contributed by atoms with Crippen LogP contribution in [0.25, 0.3) is 11.6 Å². The molecule has 0 aliphatic carbocycles. The predicted molar refractivity (Wildman–Crippen MR) is 114 cm³/mol. The number of fused-ring (bicyclic) bond motifs is 2. The van der Waals surface area contributed by atoms with E-state index in [1.165, 1.54) is 0 Å². The minimum atomic E-state index is -0.0788. The second-order valence-corrected chi connectivity index (χ2v) is 7.30. The van der Waals surface area contributed by atoms with Crippen molar-refractivity contribution in [3.05, 3.63) is 65.4 Å². The largest absolute Gasteiger partial charge is 0.492 e. The van der Waals surface area contributed by atoms with E-state index in [-0.39, 0.29) is 5.91 Å². The maximum absolute atomic E-state index is 12.5. The smallest absolute Gasteiger partial charge is 0.258 e. The van der Waals surface area contributed by atoms with Crippen LogP contribution in [0.4, 0.5) is 11.4 Å². The summed E-state index contributed by atoms with van der Waals surface area (Å²) in [6.07, 6.45) is 3.98. The van der Waals surface area contributed by atoms with Crippen LogP contribution in [-0.4, -0.2) is 50.3 Å². The molecule has 1 fully saturated rings. The molecule has 1 saturated heterocycles. The number of morpholine rings is 1. The summed E-state index contributed by atoms with van der Waals surface area (Å²) in [6.45, 7) is 5.09. The summed E-state index contributed by atoms with van der Waals surface area (Å²) >= 11 is 0. The van der Waals surface area contributed by atoms with E-state index in [9.17, 15) is 4.79 Å². The zero-order valence-corrected chi connectivity index (χ0v) is 16.1. The van der Waals surface area contributed by atoms with Crippen molar-refractivity contribution >= 4 is 28.9 Å². The molecule has 5 rings (SSSR count). The topological polar surface area (TPSA) is 62.8 Å². The van der Waals surface area contributed by atoms with Gasteiger partial charge in [-0.25, -0.2) is 0 Å². The lowest BCUT2D eigenvalue weighted by atomic mass is 10.0. The fourth-order valence-electron chi connectivity index (χ4n) is 3.89. The summed E-state index contributed by atoms with van der Waals surface area (Å²) in [7, 11) is 0. The van der Waals surface area contributed by atoms with E-state index >= 15 is 0 Å². The normalized spacial score (nSPS) is 20.6. The Morgan fingerprint density at radius 2 is 1.86 bits per heavy atom. The van der Waals surface area contributed by atoms with Crippen molar-refractivity contribution in [1.82, 2.24) is 4.90 Å². The van der Waals surface area contributed by atoms with E-state index in [1.807, 2.05) is 54.6 Å². The molecular weight excluding hydrogens is 366 g/mol. The lowest BCUT2D eigenvalue weighted by molar-refractivity contribution is -0.110. The van der Waals surface area contributed by atoms with Crippen molar-refractivity contribution in [3.63, 3.8) is 0 Å². The second kappa shape index (κ2) is 7.73. The molecule has 6 heteroatoms. The SMILES string of the molecule is O=C1Nc2ccccc2/C1=C1\C=Cc2cc(OCCN3CCOCC3)ccc2N1. The highest BCUT2D eigenvalue weighted by molar-refractivity contribution is 6.33. The Morgan fingerprint density at radius 3 is 2.76 bits per heavy atom. The van der Waals surface area contributed by atoms with Gasteiger partial charge in [-0.15, -0.1) is 0 Å². The Hall–Kier alpha value is -3.09. The summed E-state index contributed by atoms with van der Waals surface area (Å²) in [5, 5.41) is 6.33. The first kappa shape index (κ1) is 18.0. The number of ether oxygens (including phenoxy) is 2. The summed E-state index contributed by atoms with van der Waals surface area (Å²) in [6, 6.07) is 13.8. The molecule has 0 bridgehead atoms. The lowest BCUT2D eigenvalue weighted by Gasteiger charge is -2.26. The average Bonchev–Trinajstić information content (AvgIpc) is 3.10. The molecule has 0 saturated carbocycles. The third-order valence-electron chi connectivity index (χ3n) is 5.44. The number of benzene rings is 2. The minimum absolute atomic E-state index is 0.0788. The highest BCUT2D eigenvalue weighted by Crippen LogP contribution is 2.37. The van der Waals surface area contributed by atoms with Crippen molar-refractivity contribution < 1.29 is 14.3 Å². The third kappa shape index (κ3) is 3.64. The van der Waals surface area contributed by atoms with Gasteiger partial charge in [-0.1, -0.05) is 24.3 Å². The van der Waals surface area contributed by atoms with Gasteiger partial charge < -0.3 is 20.1 Å². The Balaban J connectivity index is 1.30. The van der Waals surface area contributed by atoms with Gasteiger partial charge in [0.1, 0.15) is 12.4 Å². The summed E-state index contributed by atoms with van der Waals surface area (Å²) in [5.74, 6) is 0.772. The Morgan fingerprint density at radius 1 is 1.00 bits per heavy atom. The number of amides is 1. The number of nitrogens with zero attached hydrogens (tertiary/aromatic N) is 1. The van der Waals surface area contributed by atoms with Crippen LogP contribution in [0.2, 0.25) is 0 Å². The van der Waals surface area contributed by atoms with Crippen LogP contribution in [0.1, 0.15) is 11.1 Å². The quantitative estimate of drug-likeness (QED) is 0.787. The van der Waals surface area contributed by atoms with Crippen molar-refractivity contribution in [2.75, 3.05) is 50.1 Å². The summed E-state index contributed by atoms with van der Waals surface area (Å²) in [5.41, 5.74) is 5.27. The van der Waals surface area contributed by atoms with E-state index in [1.54, 1.807) is 0 Å². The molecule has 2 aromatic carbocycles. The molecule has 3 heterocycles. The zero-order valence-electron chi connectivity index (χ0n) is 16.1. The lowest BCUT2D eigenvalue weighted by Crippen LogP contribution is -2.38. The molecule has 1 amide bonds. The number of para-hydroxylation sites is 1. The van der Waals surface area contributed by atoms with Crippen LogP contribution in [0.15, 0.2) is 54.2 Å². The molecule has 3 aliphatic heterocycles. The number of allylic oxidation sites excluding steroid dienone is 1. The number of carbonyl (C=O) groups excluding carboxylic acids is 1. The number of anilines is 2. The zero-order chi connectivity index (χ0) is 19.6. The molecule has 3 aliphatic rings. The molecule has 0 atom stereocenters. The minimum Gasteiger partial charge on any atom is -0.492 e. The van der Waals surface area contributed by atoms with Crippen LogP contribution in [-0.2, 0) is 9.53 Å². The van der Waals surface area contributed by atoms with Gasteiger partial charge in [0.05, 0.1) is 24.5 Å². The van der Waals surface area contributed by atoms with Crippen molar-refractivity contribution in [2.45, 2.75) is 0 Å². The maximum Gasteiger partial charge on any atom is 0.258 e. The van der Waals surface area contributed by atoms with Crippen LogP contribution in [0.3, 0.4) is 0 Å². The first-order chi connectivity index (χ1) is 14.3. The highest BCUT2D eigenvalue weighted by atomic mass is 16.5. The first-order valence-corrected chi connectivity index (χ1v) is 9.95. The maximum atomic E-state index is 12.5. The van der Waals surface area contributed by atoms with Crippen molar-refractivity contribution in [2.24, 2.45) is 0 Å². The van der Waals surface area contributed by atoms with Crippen LogP contribution < -0.4 is 15.4 Å². The molecule has 2 N–H and O–H groups in total. The number of hydrogen-bond acceptors (Lipinski definition) is 5. The molecule has 148 valence electrons. The van der Waals surface area contributed by atoms with E-state index in [2.05, 4.69) is 15.5 Å². The number of rotatable bonds is 4. The van der Waals surface area contributed by atoms with Gasteiger partial charge >= 0.3 is 0 Å². The molecule has 0 radical (unpaired) electrons. The van der Waals surface area contributed by atoms with Gasteiger partial charge in [-0.05, 0) is 30.3 Å². The van der Waals surface area contributed by atoms with Crippen LogP contribution in [0, 0.1) is 0 Å². The van der Waals surface area contributed by atoms with Crippen LogP contribution in [0.5, 0.6) is 5.75 Å². The fourth-order valence-corrected chi connectivity index (χ4v) is 3.89. The van der Waals surface area contributed by atoms with Gasteiger partial charge in [0.2, 0.25) is 0 Å². The number of carbonyl (C=O) groups is 1. The van der Waals surface area contributed by atoms with E-state index in [0.717, 1.165) is 66.8 Å².